The van der Waals surface area contributed by atoms with Crippen LogP contribution >= 0.6 is 0 Å². The fourth-order valence-corrected chi connectivity index (χ4v) is 4.23. The molecule has 36 heavy (non-hydrogen) atoms. The number of alkyl carbamates (subject to hydrolysis) is 1. The molecule has 3 amide bonds. The van der Waals surface area contributed by atoms with E-state index in [0.717, 1.165) is 36.0 Å². The average Bonchev–Trinajstić information content (AvgIpc) is 2.72. The van der Waals surface area contributed by atoms with Gasteiger partial charge in [0.2, 0.25) is 11.8 Å². The summed E-state index contributed by atoms with van der Waals surface area (Å²) in [5.74, 6) is -1.14. The highest BCUT2D eigenvalue weighted by Crippen LogP contribution is 2.36. The fourth-order valence-electron chi connectivity index (χ4n) is 4.23. The van der Waals surface area contributed by atoms with Crippen molar-refractivity contribution in [3.63, 3.8) is 0 Å². The van der Waals surface area contributed by atoms with Crippen molar-refractivity contribution in [1.29, 1.82) is 0 Å². The van der Waals surface area contributed by atoms with Crippen LogP contribution < -0.4 is 10.6 Å². The van der Waals surface area contributed by atoms with Crippen LogP contribution in [-0.4, -0.2) is 59.6 Å². The van der Waals surface area contributed by atoms with Crippen molar-refractivity contribution in [2.45, 2.75) is 97.9 Å². The number of hydrogen-bond donors (Lipinski definition) is 2. The number of benzene rings is 1. The zero-order valence-electron chi connectivity index (χ0n) is 22.6. The molecule has 9 heteroatoms. The highest BCUT2D eigenvalue weighted by Gasteiger charge is 2.41. The lowest BCUT2D eigenvalue weighted by Gasteiger charge is -2.44. The van der Waals surface area contributed by atoms with E-state index in [4.69, 9.17) is 9.47 Å². The lowest BCUT2D eigenvalue weighted by molar-refractivity contribution is -0.147. The molecule has 1 aliphatic rings. The monoisotopic (exact) mass is 503 g/mol. The van der Waals surface area contributed by atoms with E-state index in [9.17, 15) is 19.2 Å². The van der Waals surface area contributed by atoms with Crippen molar-refractivity contribution in [1.82, 2.24) is 15.5 Å². The third-order valence-corrected chi connectivity index (χ3v) is 6.10. The van der Waals surface area contributed by atoms with Crippen molar-refractivity contribution in [2.75, 3.05) is 13.2 Å². The van der Waals surface area contributed by atoms with Crippen LogP contribution in [0.5, 0.6) is 0 Å². The second kappa shape index (κ2) is 12.7. The molecular weight excluding hydrogens is 462 g/mol. The minimum Gasteiger partial charge on any atom is -0.466 e. The molecule has 2 rings (SSSR count). The van der Waals surface area contributed by atoms with Gasteiger partial charge in [-0.1, -0.05) is 18.2 Å². The van der Waals surface area contributed by atoms with Gasteiger partial charge in [0.15, 0.2) is 0 Å². The van der Waals surface area contributed by atoms with Gasteiger partial charge in [-0.2, -0.15) is 0 Å². The summed E-state index contributed by atoms with van der Waals surface area (Å²) in [4.78, 5) is 53.2. The number of rotatable bonds is 10. The first-order valence-corrected chi connectivity index (χ1v) is 12.7. The van der Waals surface area contributed by atoms with Gasteiger partial charge < -0.3 is 25.0 Å². The summed E-state index contributed by atoms with van der Waals surface area (Å²) < 4.78 is 10.3. The first-order valence-electron chi connectivity index (χ1n) is 12.7. The van der Waals surface area contributed by atoms with Gasteiger partial charge in [-0.05, 0) is 84.4 Å². The molecule has 1 aromatic carbocycles. The Morgan fingerprint density at radius 2 is 1.72 bits per heavy atom. The molecule has 0 saturated heterocycles. The highest BCUT2D eigenvalue weighted by molar-refractivity contribution is 5.92. The van der Waals surface area contributed by atoms with E-state index in [1.807, 2.05) is 32.0 Å². The fraction of sp³-hybridized carbons (Fsp3) is 0.630. The summed E-state index contributed by atoms with van der Waals surface area (Å²) in [6, 6.07) is 3.78. The predicted molar refractivity (Wildman–Crippen MR) is 136 cm³/mol. The van der Waals surface area contributed by atoms with Crippen LogP contribution in [0.4, 0.5) is 4.79 Å². The molecule has 1 fully saturated rings. The Morgan fingerprint density at radius 3 is 2.22 bits per heavy atom. The summed E-state index contributed by atoms with van der Waals surface area (Å²) in [6.07, 6.45) is 1.82. The molecule has 1 aliphatic carbocycles. The van der Waals surface area contributed by atoms with Gasteiger partial charge in [-0.15, -0.1) is 0 Å². The zero-order valence-corrected chi connectivity index (χ0v) is 22.6. The largest absolute Gasteiger partial charge is 0.466 e. The molecule has 2 unspecified atom stereocenters. The van der Waals surface area contributed by atoms with E-state index < -0.39 is 29.7 Å². The van der Waals surface area contributed by atoms with Crippen LogP contribution in [0.25, 0.3) is 0 Å². The van der Waals surface area contributed by atoms with Crippen molar-refractivity contribution >= 4 is 23.9 Å². The van der Waals surface area contributed by atoms with E-state index in [-0.39, 0.29) is 37.4 Å². The molecule has 0 radical (unpaired) electrons. The van der Waals surface area contributed by atoms with Crippen LogP contribution in [0.15, 0.2) is 18.2 Å². The van der Waals surface area contributed by atoms with Gasteiger partial charge in [-0.3, -0.25) is 14.4 Å². The molecule has 0 bridgehead atoms. The molecular formula is C27H41N3O6. The average molecular weight is 504 g/mol. The summed E-state index contributed by atoms with van der Waals surface area (Å²) in [5.41, 5.74) is 1.80. The molecule has 2 N–H and O–H groups in total. The highest BCUT2D eigenvalue weighted by atomic mass is 16.6. The number of carbonyl (C=O) groups excluding carboxylic acids is 4. The molecule has 9 nitrogen and oxygen atoms in total. The molecule has 0 aromatic heterocycles. The molecule has 0 aliphatic heterocycles. The third-order valence-electron chi connectivity index (χ3n) is 6.10. The number of carbonyl (C=O) groups is 4. The third kappa shape index (κ3) is 7.96. The van der Waals surface area contributed by atoms with E-state index in [1.165, 1.54) is 0 Å². The van der Waals surface area contributed by atoms with Crippen LogP contribution in [0.1, 0.15) is 83.0 Å². The first-order chi connectivity index (χ1) is 16.9. The number of ether oxygens (including phenoxy) is 2. The first kappa shape index (κ1) is 29.1. The lowest BCUT2D eigenvalue weighted by Crippen LogP contribution is -2.57. The number of nitrogens with zero attached hydrogens (tertiary/aromatic N) is 1. The lowest BCUT2D eigenvalue weighted by atomic mass is 9.86. The predicted octanol–water partition coefficient (Wildman–Crippen LogP) is 3.71. The molecule has 0 spiro atoms. The normalized spacial score (nSPS) is 15.2. The SMILES string of the molecule is CCOC(=O)CCNC(=O)C(c1c(C)cccc1C)N(C(=O)C(C)NC(=O)OC(C)(C)C)C1CCC1. The number of nitrogens with one attached hydrogen (secondary N) is 2. The Labute approximate surface area is 214 Å². The van der Waals surface area contributed by atoms with Crippen LogP contribution in [-0.2, 0) is 23.9 Å². The maximum absolute atomic E-state index is 13.8. The maximum Gasteiger partial charge on any atom is 0.408 e. The minimum absolute atomic E-state index is 0.0348. The Balaban J connectivity index is 2.37. The van der Waals surface area contributed by atoms with E-state index in [2.05, 4.69) is 10.6 Å². The Bertz CT molecular complexity index is 931. The minimum atomic E-state index is -0.908. The van der Waals surface area contributed by atoms with E-state index in [0.29, 0.717) is 0 Å². The van der Waals surface area contributed by atoms with Crippen molar-refractivity contribution < 1.29 is 28.7 Å². The smallest absolute Gasteiger partial charge is 0.408 e. The molecule has 1 aromatic rings. The molecule has 0 heterocycles. The number of amides is 3. The molecule has 200 valence electrons. The van der Waals surface area contributed by atoms with Crippen molar-refractivity contribution in [3.05, 3.63) is 34.9 Å². The zero-order chi connectivity index (χ0) is 27.0. The van der Waals surface area contributed by atoms with Gasteiger partial charge in [0.1, 0.15) is 17.7 Å². The Kier molecular flexibility index (Phi) is 10.3. The topological polar surface area (TPSA) is 114 Å². The van der Waals surface area contributed by atoms with Crippen molar-refractivity contribution in [3.8, 4) is 0 Å². The number of hydrogen-bond acceptors (Lipinski definition) is 6. The van der Waals surface area contributed by atoms with E-state index in [1.54, 1.807) is 39.5 Å². The second-order valence-corrected chi connectivity index (χ2v) is 10.3. The second-order valence-electron chi connectivity index (χ2n) is 10.3. The van der Waals surface area contributed by atoms with Gasteiger partial charge in [-0.25, -0.2) is 4.79 Å². The number of esters is 1. The summed E-state index contributed by atoms with van der Waals surface area (Å²) >= 11 is 0. The van der Waals surface area contributed by atoms with Crippen LogP contribution in [0.2, 0.25) is 0 Å². The maximum atomic E-state index is 13.8. The van der Waals surface area contributed by atoms with E-state index >= 15 is 0 Å². The summed E-state index contributed by atoms with van der Waals surface area (Å²) in [7, 11) is 0. The Hall–Kier alpha value is -3.10. The van der Waals surface area contributed by atoms with Gasteiger partial charge in [0, 0.05) is 12.6 Å². The van der Waals surface area contributed by atoms with Gasteiger partial charge in [0.05, 0.1) is 13.0 Å². The van der Waals surface area contributed by atoms with Crippen LogP contribution in [0.3, 0.4) is 0 Å². The quantitative estimate of drug-likeness (QED) is 0.471. The van der Waals surface area contributed by atoms with Crippen LogP contribution in [0, 0.1) is 13.8 Å². The molecule has 1 saturated carbocycles. The number of aryl methyl sites for hydroxylation is 2. The standard InChI is InChI=1S/C27H41N3O6/c1-8-35-21(31)15-16-28-24(32)23(22-17(2)11-9-12-18(22)3)30(20-13-10-14-20)25(33)19(4)29-26(34)36-27(5,6)7/h9,11-12,19-20,23H,8,10,13-16H2,1-7H3,(H,28,32)(H,29,34). The van der Waals surface area contributed by atoms with Gasteiger partial charge >= 0.3 is 12.1 Å². The molecule has 2 atom stereocenters. The summed E-state index contributed by atoms with van der Waals surface area (Å²) in [5, 5.41) is 5.45. The Morgan fingerprint density at radius 1 is 1.11 bits per heavy atom. The van der Waals surface area contributed by atoms with Gasteiger partial charge in [0.25, 0.3) is 0 Å². The summed E-state index contributed by atoms with van der Waals surface area (Å²) in [6.45, 7) is 12.7. The van der Waals surface area contributed by atoms with Crippen molar-refractivity contribution in [2.24, 2.45) is 0 Å².